The van der Waals surface area contributed by atoms with Crippen LogP contribution < -0.4 is 10.1 Å². The van der Waals surface area contributed by atoms with Gasteiger partial charge < -0.3 is 15.2 Å². The van der Waals surface area contributed by atoms with E-state index in [2.05, 4.69) is 19.2 Å². The number of carbonyl (C=O) groups is 2. The largest absolute Gasteiger partial charge is 0.483 e. The Morgan fingerprint density at radius 1 is 1.12 bits per heavy atom. The molecular formula is C19H21NO4. The second-order valence-corrected chi connectivity index (χ2v) is 5.92. The maximum absolute atomic E-state index is 12.0. The number of aryl methyl sites for hydroxylation is 1. The van der Waals surface area contributed by atoms with Crippen molar-refractivity contribution in [2.24, 2.45) is 0 Å². The monoisotopic (exact) mass is 327 g/mol. The molecule has 0 aliphatic heterocycles. The molecule has 0 saturated heterocycles. The van der Waals surface area contributed by atoms with Gasteiger partial charge in [0.15, 0.2) is 6.61 Å². The molecule has 2 aromatic rings. The minimum absolute atomic E-state index is 0.107. The van der Waals surface area contributed by atoms with Crippen LogP contribution in [-0.4, -0.2) is 23.6 Å². The molecule has 0 radical (unpaired) electrons. The second kappa shape index (κ2) is 7.64. The fraction of sp³-hybridized carbons (Fsp3) is 0.263. The first-order valence-electron chi connectivity index (χ1n) is 7.73. The van der Waals surface area contributed by atoms with Crippen LogP contribution in [-0.2, 0) is 4.79 Å². The molecule has 0 spiro atoms. The van der Waals surface area contributed by atoms with Gasteiger partial charge in [0, 0.05) is 5.69 Å². The number of hydrogen-bond acceptors (Lipinski definition) is 3. The molecule has 5 nitrogen and oxygen atoms in total. The summed E-state index contributed by atoms with van der Waals surface area (Å²) in [7, 11) is 0. The average molecular weight is 327 g/mol. The second-order valence-electron chi connectivity index (χ2n) is 5.92. The third-order valence-electron chi connectivity index (χ3n) is 3.57. The molecule has 0 aliphatic carbocycles. The van der Waals surface area contributed by atoms with Crippen molar-refractivity contribution in [2.45, 2.75) is 26.7 Å². The minimum atomic E-state index is -1.00. The zero-order chi connectivity index (χ0) is 17.7. The van der Waals surface area contributed by atoms with Crippen LogP contribution in [0.5, 0.6) is 5.75 Å². The SMILES string of the molecule is Cc1ccc(C(C)C)c(OCC(=O)Nc2ccc(C(=O)O)cc2)c1. The van der Waals surface area contributed by atoms with Crippen LogP contribution in [0.25, 0.3) is 0 Å². The van der Waals surface area contributed by atoms with E-state index in [-0.39, 0.29) is 18.1 Å². The van der Waals surface area contributed by atoms with Crippen molar-refractivity contribution in [1.29, 1.82) is 0 Å². The van der Waals surface area contributed by atoms with Crippen molar-refractivity contribution in [3.63, 3.8) is 0 Å². The van der Waals surface area contributed by atoms with E-state index in [0.29, 0.717) is 17.4 Å². The lowest BCUT2D eigenvalue weighted by Crippen LogP contribution is -2.20. The molecule has 0 aromatic heterocycles. The van der Waals surface area contributed by atoms with Crippen molar-refractivity contribution >= 4 is 17.6 Å². The first-order chi connectivity index (χ1) is 11.4. The number of ether oxygens (including phenoxy) is 1. The van der Waals surface area contributed by atoms with E-state index in [1.54, 1.807) is 12.1 Å². The molecular weight excluding hydrogens is 306 g/mol. The third kappa shape index (κ3) is 4.59. The molecule has 2 aromatic carbocycles. The molecule has 0 saturated carbocycles. The van der Waals surface area contributed by atoms with Gasteiger partial charge in [-0.2, -0.15) is 0 Å². The van der Waals surface area contributed by atoms with Gasteiger partial charge in [0.25, 0.3) is 5.91 Å². The molecule has 0 heterocycles. The highest BCUT2D eigenvalue weighted by Gasteiger charge is 2.11. The molecule has 0 aliphatic rings. The van der Waals surface area contributed by atoms with Gasteiger partial charge in [0.05, 0.1) is 5.56 Å². The summed E-state index contributed by atoms with van der Waals surface area (Å²) in [6, 6.07) is 11.9. The van der Waals surface area contributed by atoms with E-state index in [4.69, 9.17) is 9.84 Å². The summed E-state index contributed by atoms with van der Waals surface area (Å²) in [6.45, 7) is 6.01. The predicted molar refractivity (Wildman–Crippen MR) is 92.8 cm³/mol. The molecule has 24 heavy (non-hydrogen) atoms. The Kier molecular flexibility index (Phi) is 5.58. The average Bonchev–Trinajstić information content (AvgIpc) is 2.53. The summed E-state index contributed by atoms with van der Waals surface area (Å²) >= 11 is 0. The number of nitrogens with one attached hydrogen (secondary N) is 1. The Balaban J connectivity index is 1.98. The quantitative estimate of drug-likeness (QED) is 0.845. The highest BCUT2D eigenvalue weighted by atomic mass is 16.5. The first-order valence-corrected chi connectivity index (χ1v) is 7.73. The van der Waals surface area contributed by atoms with Crippen LogP contribution in [0.2, 0.25) is 0 Å². The highest BCUT2D eigenvalue weighted by molar-refractivity contribution is 5.93. The van der Waals surface area contributed by atoms with Gasteiger partial charge >= 0.3 is 5.97 Å². The summed E-state index contributed by atoms with van der Waals surface area (Å²) in [5, 5.41) is 11.5. The van der Waals surface area contributed by atoms with Crippen LogP contribution in [0, 0.1) is 6.92 Å². The zero-order valence-corrected chi connectivity index (χ0v) is 14.0. The molecule has 1 amide bonds. The van der Waals surface area contributed by atoms with Gasteiger partial charge in [0.1, 0.15) is 5.75 Å². The lowest BCUT2D eigenvalue weighted by Gasteiger charge is -2.15. The summed E-state index contributed by atoms with van der Waals surface area (Å²) in [4.78, 5) is 22.8. The number of hydrogen-bond donors (Lipinski definition) is 2. The number of benzene rings is 2. The normalized spacial score (nSPS) is 10.5. The number of anilines is 1. The molecule has 126 valence electrons. The minimum Gasteiger partial charge on any atom is -0.483 e. The Bertz CT molecular complexity index is 736. The van der Waals surface area contributed by atoms with E-state index in [0.717, 1.165) is 11.1 Å². The van der Waals surface area contributed by atoms with Gasteiger partial charge in [-0.1, -0.05) is 26.0 Å². The number of carbonyl (C=O) groups excluding carboxylic acids is 1. The molecule has 2 rings (SSSR count). The Morgan fingerprint density at radius 3 is 2.38 bits per heavy atom. The highest BCUT2D eigenvalue weighted by Crippen LogP contribution is 2.27. The molecule has 2 N–H and O–H groups in total. The lowest BCUT2D eigenvalue weighted by molar-refractivity contribution is -0.118. The van der Waals surface area contributed by atoms with Crippen molar-refractivity contribution < 1.29 is 19.4 Å². The molecule has 0 unspecified atom stereocenters. The summed E-state index contributed by atoms with van der Waals surface area (Å²) in [5.41, 5.74) is 2.82. The van der Waals surface area contributed by atoms with Crippen LogP contribution in [0.15, 0.2) is 42.5 Å². The van der Waals surface area contributed by atoms with Crippen LogP contribution in [0.4, 0.5) is 5.69 Å². The van der Waals surface area contributed by atoms with E-state index in [9.17, 15) is 9.59 Å². The summed E-state index contributed by atoms with van der Waals surface area (Å²) in [6.07, 6.45) is 0. The standard InChI is InChI=1S/C19H21NO4/c1-12(2)16-9-4-13(3)10-17(16)24-11-18(21)20-15-7-5-14(6-8-15)19(22)23/h4-10,12H,11H2,1-3H3,(H,20,21)(H,22,23). The van der Waals surface area contributed by atoms with Crippen molar-refractivity contribution in [3.8, 4) is 5.75 Å². The molecule has 0 fully saturated rings. The van der Waals surface area contributed by atoms with Crippen molar-refractivity contribution in [1.82, 2.24) is 0 Å². The van der Waals surface area contributed by atoms with Crippen LogP contribution in [0.3, 0.4) is 0 Å². The number of carboxylic acids is 1. The van der Waals surface area contributed by atoms with Gasteiger partial charge in [-0.3, -0.25) is 4.79 Å². The van der Waals surface area contributed by atoms with Crippen LogP contribution in [0.1, 0.15) is 41.3 Å². The molecule has 0 atom stereocenters. The molecule has 0 bridgehead atoms. The van der Waals surface area contributed by atoms with Crippen molar-refractivity contribution in [2.75, 3.05) is 11.9 Å². The fourth-order valence-corrected chi connectivity index (χ4v) is 2.28. The predicted octanol–water partition coefficient (Wildman–Crippen LogP) is 3.83. The molecule has 5 heteroatoms. The number of aromatic carboxylic acids is 1. The maximum Gasteiger partial charge on any atom is 0.335 e. The summed E-state index contributed by atoms with van der Waals surface area (Å²) < 4.78 is 5.67. The Morgan fingerprint density at radius 2 is 1.79 bits per heavy atom. The van der Waals surface area contributed by atoms with Gasteiger partial charge in [-0.05, 0) is 54.3 Å². The lowest BCUT2D eigenvalue weighted by atomic mass is 10.0. The zero-order valence-electron chi connectivity index (χ0n) is 14.0. The maximum atomic E-state index is 12.0. The van der Waals surface area contributed by atoms with Gasteiger partial charge in [0.2, 0.25) is 0 Å². The summed E-state index contributed by atoms with van der Waals surface area (Å²) in [5.74, 6) is -0.292. The van der Waals surface area contributed by atoms with Gasteiger partial charge in [-0.25, -0.2) is 4.79 Å². The fourth-order valence-electron chi connectivity index (χ4n) is 2.28. The topological polar surface area (TPSA) is 75.6 Å². The number of carboxylic acid groups (broad SMARTS) is 1. The third-order valence-corrected chi connectivity index (χ3v) is 3.57. The Hall–Kier alpha value is -2.82. The number of amides is 1. The van der Waals surface area contributed by atoms with E-state index in [1.807, 2.05) is 25.1 Å². The van der Waals surface area contributed by atoms with Gasteiger partial charge in [-0.15, -0.1) is 0 Å². The Labute approximate surface area is 141 Å². The van der Waals surface area contributed by atoms with E-state index >= 15 is 0 Å². The number of rotatable bonds is 6. The van der Waals surface area contributed by atoms with E-state index < -0.39 is 5.97 Å². The smallest absolute Gasteiger partial charge is 0.335 e. The van der Waals surface area contributed by atoms with Crippen LogP contribution >= 0.6 is 0 Å². The van der Waals surface area contributed by atoms with E-state index in [1.165, 1.54) is 12.1 Å². The van der Waals surface area contributed by atoms with Crippen molar-refractivity contribution in [3.05, 3.63) is 59.2 Å². The first kappa shape index (κ1) is 17.5.